The smallest absolute Gasteiger partial charge is 0.354 e. The number of unbranched alkanes of at least 4 members (excludes halogenated alkanes) is 1. The Morgan fingerprint density at radius 3 is 2.45 bits per heavy atom. The lowest BCUT2D eigenvalue weighted by Crippen LogP contribution is -2.24. The van der Waals surface area contributed by atoms with Gasteiger partial charge < -0.3 is 10.2 Å². The molecule has 40 heavy (non-hydrogen) atoms. The first-order valence-electron chi connectivity index (χ1n) is 12.9. The van der Waals surface area contributed by atoms with Crippen molar-refractivity contribution in [2.45, 2.75) is 46.0 Å². The Bertz CT molecular complexity index is 1350. The number of pyridine rings is 1. The zero-order chi connectivity index (χ0) is 29.3. The van der Waals surface area contributed by atoms with Crippen LogP contribution in [-0.4, -0.2) is 56.8 Å². The summed E-state index contributed by atoms with van der Waals surface area (Å²) in [6, 6.07) is 3.77. The van der Waals surface area contributed by atoms with Gasteiger partial charge in [0.25, 0.3) is 0 Å². The predicted molar refractivity (Wildman–Crippen MR) is 145 cm³/mol. The van der Waals surface area contributed by atoms with E-state index in [1.807, 2.05) is 0 Å². The van der Waals surface area contributed by atoms with Crippen LogP contribution in [0.4, 0.5) is 32.3 Å². The van der Waals surface area contributed by atoms with Crippen LogP contribution in [0.3, 0.4) is 0 Å². The van der Waals surface area contributed by atoms with Crippen LogP contribution in [0.5, 0.6) is 0 Å². The Hall–Kier alpha value is -3.67. The summed E-state index contributed by atoms with van der Waals surface area (Å²) in [7, 11) is 0. The minimum absolute atomic E-state index is 0.154. The standard InChI is InChI=1S/C28H32F6N6/c1-4-10-20(27(29,30)31)11-9-12-23-25(24-14-13-21(28(32,33)34)19-40(24)38-23)22-15-17-36-26(37-22)35-16-7-8-18-39(5-2)6-3/h4,9-15,17,19H,5-8,16,18H2,1-3H3,(H,35,36,37)/b10-4-,12-9+,20-11+. The van der Waals surface area contributed by atoms with E-state index < -0.39 is 23.5 Å². The summed E-state index contributed by atoms with van der Waals surface area (Å²) >= 11 is 0. The third kappa shape index (κ3) is 8.17. The summed E-state index contributed by atoms with van der Waals surface area (Å²) in [5, 5.41) is 7.40. The molecule has 3 rings (SSSR count). The molecule has 0 aromatic carbocycles. The molecule has 3 heterocycles. The third-order valence-electron chi connectivity index (χ3n) is 6.18. The summed E-state index contributed by atoms with van der Waals surface area (Å²) in [4.78, 5) is 11.1. The number of fused-ring (bicyclic) bond motifs is 1. The van der Waals surface area contributed by atoms with E-state index in [1.165, 1.54) is 31.3 Å². The molecule has 0 aliphatic heterocycles. The molecule has 0 atom stereocenters. The summed E-state index contributed by atoms with van der Waals surface area (Å²) in [5.41, 5.74) is -0.600. The first-order chi connectivity index (χ1) is 19.0. The van der Waals surface area contributed by atoms with Crippen molar-refractivity contribution in [3.63, 3.8) is 0 Å². The van der Waals surface area contributed by atoms with Crippen LogP contribution < -0.4 is 5.32 Å². The second kappa shape index (κ2) is 13.6. The fourth-order valence-electron chi connectivity index (χ4n) is 4.06. The van der Waals surface area contributed by atoms with Gasteiger partial charge in [-0.3, -0.25) is 0 Å². The van der Waals surface area contributed by atoms with E-state index in [0.29, 0.717) is 29.3 Å². The number of nitrogens with one attached hydrogen (secondary N) is 1. The van der Waals surface area contributed by atoms with Gasteiger partial charge in [-0.05, 0) is 69.8 Å². The topological polar surface area (TPSA) is 58.4 Å². The van der Waals surface area contributed by atoms with Gasteiger partial charge in [-0.25, -0.2) is 14.5 Å². The maximum absolute atomic E-state index is 13.3. The molecule has 1 N–H and O–H groups in total. The maximum atomic E-state index is 13.3. The monoisotopic (exact) mass is 566 g/mol. The van der Waals surface area contributed by atoms with E-state index in [4.69, 9.17) is 0 Å². The first kappa shape index (κ1) is 30.9. The van der Waals surface area contributed by atoms with Crippen molar-refractivity contribution in [2.75, 3.05) is 31.5 Å². The van der Waals surface area contributed by atoms with Crippen molar-refractivity contribution in [3.05, 3.63) is 71.7 Å². The molecule has 12 heteroatoms. The number of alkyl halides is 6. The van der Waals surface area contributed by atoms with Gasteiger partial charge in [0.1, 0.15) is 0 Å². The molecule has 0 radical (unpaired) electrons. The summed E-state index contributed by atoms with van der Waals surface area (Å²) in [6.07, 6.45) is 0.592. The molecule has 216 valence electrons. The van der Waals surface area contributed by atoms with Crippen LogP contribution in [0.25, 0.3) is 22.9 Å². The molecule has 0 aliphatic carbocycles. The van der Waals surface area contributed by atoms with Crippen LogP contribution in [0.1, 0.15) is 44.9 Å². The van der Waals surface area contributed by atoms with Crippen LogP contribution in [0, 0.1) is 0 Å². The summed E-state index contributed by atoms with van der Waals surface area (Å²) in [6.45, 7) is 9.26. The number of anilines is 1. The lowest BCUT2D eigenvalue weighted by atomic mass is 10.1. The second-order valence-corrected chi connectivity index (χ2v) is 8.91. The Morgan fingerprint density at radius 1 is 1.05 bits per heavy atom. The minimum atomic E-state index is -4.59. The molecule has 0 unspecified atom stereocenters. The van der Waals surface area contributed by atoms with Gasteiger partial charge >= 0.3 is 12.4 Å². The van der Waals surface area contributed by atoms with Gasteiger partial charge in [-0.2, -0.15) is 31.4 Å². The molecule has 3 aromatic rings. The van der Waals surface area contributed by atoms with Crippen LogP contribution in [-0.2, 0) is 6.18 Å². The highest BCUT2D eigenvalue weighted by Gasteiger charge is 2.32. The Kier molecular flexibility index (Phi) is 10.5. The fraction of sp³-hybridized carbons (Fsp3) is 0.393. The van der Waals surface area contributed by atoms with Crippen molar-refractivity contribution >= 4 is 17.5 Å². The van der Waals surface area contributed by atoms with Crippen LogP contribution in [0.15, 0.2) is 60.5 Å². The molecule has 0 fully saturated rings. The normalized spacial score (nSPS) is 13.4. The number of hydrogen-bond donors (Lipinski definition) is 1. The van der Waals surface area contributed by atoms with Gasteiger partial charge in [-0.15, -0.1) is 0 Å². The van der Waals surface area contributed by atoms with Crippen LogP contribution >= 0.6 is 0 Å². The van der Waals surface area contributed by atoms with Gasteiger partial charge in [-0.1, -0.05) is 32.1 Å². The molecule has 3 aromatic heterocycles. The van der Waals surface area contributed by atoms with E-state index >= 15 is 0 Å². The fourth-order valence-corrected chi connectivity index (χ4v) is 4.06. The van der Waals surface area contributed by atoms with Gasteiger partial charge in [0.2, 0.25) is 5.95 Å². The largest absolute Gasteiger partial charge is 0.417 e. The van der Waals surface area contributed by atoms with E-state index in [2.05, 4.69) is 39.1 Å². The average molecular weight is 567 g/mol. The SMILES string of the molecule is C\C=C/C(=C\C=C\c1nn2cc(C(F)(F)F)ccc2c1-c1ccnc(NCCCCN(CC)CC)n1)C(F)(F)F. The third-order valence-corrected chi connectivity index (χ3v) is 6.18. The van der Waals surface area contributed by atoms with Crippen molar-refractivity contribution < 1.29 is 26.3 Å². The molecule has 0 saturated heterocycles. The second-order valence-electron chi connectivity index (χ2n) is 8.91. The molecule has 0 spiro atoms. The van der Waals surface area contributed by atoms with E-state index in [1.54, 1.807) is 6.07 Å². The first-order valence-corrected chi connectivity index (χ1v) is 12.9. The van der Waals surface area contributed by atoms with Gasteiger partial charge in [0, 0.05) is 18.9 Å². The van der Waals surface area contributed by atoms with Crippen molar-refractivity contribution in [1.82, 2.24) is 24.5 Å². The number of allylic oxidation sites excluding steroid dienone is 5. The number of aromatic nitrogens is 4. The summed E-state index contributed by atoms with van der Waals surface area (Å²) < 4.78 is 80.8. The Labute approximate surface area is 229 Å². The maximum Gasteiger partial charge on any atom is 0.417 e. The summed E-state index contributed by atoms with van der Waals surface area (Å²) in [5.74, 6) is 0.328. The molecule has 0 aliphatic rings. The molecule has 0 amide bonds. The zero-order valence-electron chi connectivity index (χ0n) is 22.5. The molecular formula is C28H32F6N6. The molecule has 0 saturated carbocycles. The lowest BCUT2D eigenvalue weighted by molar-refractivity contribution is -0.137. The highest BCUT2D eigenvalue weighted by atomic mass is 19.4. The number of halogens is 6. The zero-order valence-corrected chi connectivity index (χ0v) is 22.5. The van der Waals surface area contributed by atoms with E-state index in [-0.39, 0.29) is 5.69 Å². The minimum Gasteiger partial charge on any atom is -0.354 e. The lowest BCUT2D eigenvalue weighted by Gasteiger charge is -2.17. The van der Waals surface area contributed by atoms with Crippen molar-refractivity contribution in [1.29, 1.82) is 0 Å². The highest BCUT2D eigenvalue weighted by molar-refractivity contribution is 5.85. The predicted octanol–water partition coefficient (Wildman–Crippen LogP) is 7.42. The quantitative estimate of drug-likeness (QED) is 0.140. The molecular weight excluding hydrogens is 534 g/mol. The number of rotatable bonds is 12. The molecule has 6 nitrogen and oxygen atoms in total. The van der Waals surface area contributed by atoms with E-state index in [9.17, 15) is 26.3 Å². The number of nitrogens with zero attached hydrogens (tertiary/aromatic N) is 5. The van der Waals surface area contributed by atoms with Crippen molar-refractivity contribution in [3.8, 4) is 11.3 Å². The number of hydrogen-bond acceptors (Lipinski definition) is 5. The Balaban J connectivity index is 1.95. The van der Waals surface area contributed by atoms with Gasteiger partial charge in [0.05, 0.1) is 33.6 Å². The van der Waals surface area contributed by atoms with E-state index in [0.717, 1.165) is 67.5 Å². The van der Waals surface area contributed by atoms with Gasteiger partial charge in [0.15, 0.2) is 0 Å². The van der Waals surface area contributed by atoms with Crippen LogP contribution in [0.2, 0.25) is 0 Å². The Morgan fingerprint density at radius 2 is 1.80 bits per heavy atom. The highest BCUT2D eigenvalue weighted by Crippen LogP contribution is 2.33. The average Bonchev–Trinajstić information content (AvgIpc) is 3.27. The van der Waals surface area contributed by atoms with Crippen molar-refractivity contribution in [2.24, 2.45) is 0 Å². The molecule has 0 bridgehead atoms.